The van der Waals surface area contributed by atoms with Gasteiger partial charge in [-0.25, -0.2) is 10.5 Å². The van der Waals surface area contributed by atoms with Crippen molar-refractivity contribution in [3.63, 3.8) is 0 Å². The highest BCUT2D eigenvalue weighted by Gasteiger charge is 2.09. The lowest BCUT2D eigenvalue weighted by atomic mass is 10.4. The lowest BCUT2D eigenvalue weighted by Gasteiger charge is -2.06. The number of hydrazine groups is 1. The number of halogens is 1. The quantitative estimate of drug-likeness (QED) is 0.542. The van der Waals surface area contributed by atoms with Crippen LogP contribution in [0.4, 0.5) is 5.95 Å². The van der Waals surface area contributed by atoms with E-state index in [0.29, 0.717) is 11.1 Å². The predicted molar refractivity (Wildman–Crippen MR) is 83.0 cm³/mol. The van der Waals surface area contributed by atoms with Gasteiger partial charge in [0.1, 0.15) is 0 Å². The molecule has 0 amide bonds. The zero-order valence-corrected chi connectivity index (χ0v) is 13.0. The molecule has 0 fully saturated rings. The molecular weight excluding hydrogens is 354 g/mol. The van der Waals surface area contributed by atoms with E-state index in [1.165, 1.54) is 11.8 Å². The van der Waals surface area contributed by atoms with Crippen molar-refractivity contribution in [3.8, 4) is 5.95 Å². The highest BCUT2D eigenvalue weighted by Crippen LogP contribution is 2.27. The molecule has 9 heteroatoms. The average Bonchev–Trinajstić information content (AvgIpc) is 3.01. The van der Waals surface area contributed by atoms with Crippen molar-refractivity contribution < 1.29 is 0 Å². The van der Waals surface area contributed by atoms with Gasteiger partial charge in [0.15, 0.2) is 5.16 Å². The van der Waals surface area contributed by atoms with Gasteiger partial charge in [-0.05, 0) is 36.0 Å². The second kappa shape index (κ2) is 6.20. The predicted octanol–water partition coefficient (Wildman–Crippen LogP) is 2.26. The lowest BCUT2D eigenvalue weighted by Crippen LogP contribution is -2.14. The second-order valence-electron chi connectivity index (χ2n) is 3.90. The van der Waals surface area contributed by atoms with Gasteiger partial charge in [-0.15, -0.1) is 0 Å². The van der Waals surface area contributed by atoms with E-state index in [9.17, 15) is 0 Å². The monoisotopic (exact) mass is 363 g/mol. The fourth-order valence-corrected chi connectivity index (χ4v) is 2.94. The molecule has 3 N–H and O–H groups in total. The molecule has 0 saturated carbocycles. The third-order valence-corrected chi connectivity index (χ3v) is 3.79. The molecule has 3 rings (SSSR count). The fraction of sp³-hybridized carbons (Fsp3) is 0. The van der Waals surface area contributed by atoms with Crippen molar-refractivity contribution in [3.05, 3.63) is 47.2 Å². The van der Waals surface area contributed by atoms with E-state index in [4.69, 9.17) is 5.84 Å². The van der Waals surface area contributed by atoms with E-state index in [0.717, 1.165) is 9.37 Å². The molecule has 2 heterocycles. The number of rotatable bonds is 4. The number of anilines is 1. The molecule has 0 radical (unpaired) electrons. The van der Waals surface area contributed by atoms with Crippen LogP contribution >= 0.6 is 27.7 Å². The maximum atomic E-state index is 5.41. The summed E-state index contributed by atoms with van der Waals surface area (Å²) in [6.07, 6.45) is 3.41. The number of hydrogen-bond donors (Lipinski definition) is 2. The van der Waals surface area contributed by atoms with Crippen LogP contribution in [0.5, 0.6) is 0 Å². The molecule has 0 aliphatic carbocycles. The first-order valence-electron chi connectivity index (χ1n) is 5.91. The first-order valence-corrected chi connectivity index (χ1v) is 7.52. The van der Waals surface area contributed by atoms with Crippen LogP contribution in [0.2, 0.25) is 0 Å². The topological polar surface area (TPSA) is 94.5 Å². The minimum atomic E-state index is 0.285. The minimum absolute atomic E-state index is 0.285. The highest BCUT2D eigenvalue weighted by atomic mass is 79.9. The maximum Gasteiger partial charge on any atom is 0.256 e. The third kappa shape index (κ3) is 3.38. The summed E-state index contributed by atoms with van der Waals surface area (Å²) >= 11 is 4.85. The summed E-state index contributed by atoms with van der Waals surface area (Å²) in [7, 11) is 0. The van der Waals surface area contributed by atoms with Crippen LogP contribution in [0.25, 0.3) is 5.95 Å². The van der Waals surface area contributed by atoms with Crippen molar-refractivity contribution in [1.82, 2.24) is 24.7 Å². The molecule has 0 aliphatic heterocycles. The van der Waals surface area contributed by atoms with Gasteiger partial charge < -0.3 is 0 Å². The first kappa shape index (κ1) is 14.0. The standard InChI is InChI=1S/C12H10BrN7S/c13-8-3-1-4-9(7-8)21-12-17-10(19-14)16-11(18-12)20-6-2-5-15-20/h1-7H,14H2,(H,16,17,18,19). The maximum absolute atomic E-state index is 5.41. The van der Waals surface area contributed by atoms with E-state index in [2.05, 4.69) is 41.4 Å². The zero-order chi connectivity index (χ0) is 14.7. The van der Waals surface area contributed by atoms with Gasteiger partial charge in [0.2, 0.25) is 5.95 Å². The van der Waals surface area contributed by atoms with Crippen molar-refractivity contribution in [1.29, 1.82) is 0 Å². The van der Waals surface area contributed by atoms with Gasteiger partial charge in [-0.2, -0.15) is 20.1 Å². The normalized spacial score (nSPS) is 10.6. The van der Waals surface area contributed by atoms with E-state index in [1.54, 1.807) is 23.1 Å². The van der Waals surface area contributed by atoms with Gasteiger partial charge in [0.05, 0.1) is 0 Å². The molecule has 0 spiro atoms. The Morgan fingerprint density at radius 3 is 2.81 bits per heavy atom. The number of nitrogens with two attached hydrogens (primary N) is 1. The number of nitrogens with one attached hydrogen (secondary N) is 1. The second-order valence-corrected chi connectivity index (χ2v) is 5.85. The summed E-state index contributed by atoms with van der Waals surface area (Å²) in [5.74, 6) is 6.10. The summed E-state index contributed by atoms with van der Waals surface area (Å²) in [6.45, 7) is 0. The van der Waals surface area contributed by atoms with Crippen LogP contribution in [0.3, 0.4) is 0 Å². The van der Waals surface area contributed by atoms with Gasteiger partial charge >= 0.3 is 0 Å². The number of benzene rings is 1. The molecule has 3 aromatic rings. The van der Waals surface area contributed by atoms with Crippen LogP contribution in [-0.4, -0.2) is 24.7 Å². The van der Waals surface area contributed by atoms with Crippen LogP contribution in [0, 0.1) is 0 Å². The van der Waals surface area contributed by atoms with Gasteiger partial charge in [0, 0.05) is 21.8 Å². The molecule has 0 atom stereocenters. The lowest BCUT2D eigenvalue weighted by molar-refractivity contribution is 0.760. The third-order valence-electron chi connectivity index (χ3n) is 2.45. The number of nitrogens with zero attached hydrogens (tertiary/aromatic N) is 5. The molecule has 0 unspecified atom stereocenters. The number of aromatic nitrogens is 5. The molecule has 106 valence electrons. The highest BCUT2D eigenvalue weighted by molar-refractivity contribution is 9.10. The molecule has 21 heavy (non-hydrogen) atoms. The SMILES string of the molecule is NNc1nc(Sc2cccc(Br)c2)nc(-n2cccn2)n1. The van der Waals surface area contributed by atoms with E-state index >= 15 is 0 Å². The van der Waals surface area contributed by atoms with E-state index < -0.39 is 0 Å². The Bertz CT molecular complexity index is 747. The Morgan fingerprint density at radius 2 is 2.10 bits per heavy atom. The fourth-order valence-electron chi connectivity index (χ4n) is 1.58. The number of nitrogen functional groups attached to an aromatic ring is 1. The van der Waals surface area contributed by atoms with Crippen LogP contribution < -0.4 is 11.3 Å². The van der Waals surface area contributed by atoms with E-state index in [1.807, 2.05) is 24.3 Å². The van der Waals surface area contributed by atoms with Crippen molar-refractivity contribution >= 4 is 33.6 Å². The Labute approximate surface area is 133 Å². The Kier molecular flexibility index (Phi) is 4.13. The first-order chi connectivity index (χ1) is 10.2. The van der Waals surface area contributed by atoms with Gasteiger partial charge in [-0.3, -0.25) is 5.43 Å². The molecular formula is C12H10BrN7S. The molecule has 0 saturated heterocycles. The smallest absolute Gasteiger partial charge is 0.256 e. The Balaban J connectivity index is 1.96. The van der Waals surface area contributed by atoms with Gasteiger partial charge in [0.25, 0.3) is 5.95 Å². The van der Waals surface area contributed by atoms with Crippen LogP contribution in [0.15, 0.2) is 57.3 Å². The largest absolute Gasteiger partial charge is 0.292 e. The minimum Gasteiger partial charge on any atom is -0.292 e. The Hall–Kier alpha value is -1.97. The summed E-state index contributed by atoms with van der Waals surface area (Å²) in [5.41, 5.74) is 2.44. The number of hydrogen-bond acceptors (Lipinski definition) is 7. The average molecular weight is 364 g/mol. The van der Waals surface area contributed by atoms with Gasteiger partial charge in [-0.1, -0.05) is 22.0 Å². The molecule has 0 bridgehead atoms. The van der Waals surface area contributed by atoms with Crippen LogP contribution in [-0.2, 0) is 0 Å². The van der Waals surface area contributed by atoms with Crippen molar-refractivity contribution in [2.24, 2.45) is 5.84 Å². The summed E-state index contributed by atoms with van der Waals surface area (Å²) < 4.78 is 2.54. The molecule has 0 aliphatic rings. The molecule has 7 nitrogen and oxygen atoms in total. The van der Waals surface area contributed by atoms with E-state index in [-0.39, 0.29) is 5.95 Å². The van der Waals surface area contributed by atoms with Crippen LogP contribution in [0.1, 0.15) is 0 Å². The summed E-state index contributed by atoms with van der Waals surface area (Å²) in [5, 5.41) is 4.63. The Morgan fingerprint density at radius 1 is 1.19 bits per heavy atom. The molecule has 2 aromatic heterocycles. The molecule has 1 aromatic carbocycles. The van der Waals surface area contributed by atoms with Crippen molar-refractivity contribution in [2.75, 3.05) is 5.43 Å². The summed E-state index contributed by atoms with van der Waals surface area (Å²) in [4.78, 5) is 13.8. The van der Waals surface area contributed by atoms with Crippen molar-refractivity contribution in [2.45, 2.75) is 10.1 Å². The zero-order valence-electron chi connectivity index (χ0n) is 10.6. The summed E-state index contributed by atoms with van der Waals surface area (Å²) in [6, 6.07) is 9.66.